The lowest BCUT2D eigenvalue weighted by molar-refractivity contribution is -0.123. The number of nitrogens with one attached hydrogen (secondary N) is 1. The Morgan fingerprint density at radius 1 is 1.14 bits per heavy atom. The normalized spacial score (nSPS) is 18.6. The summed E-state index contributed by atoms with van der Waals surface area (Å²) in [6.45, 7) is 5.98. The minimum absolute atomic E-state index is 0.115. The van der Waals surface area contributed by atoms with Crippen LogP contribution in [0.25, 0.3) is 0 Å². The van der Waals surface area contributed by atoms with Gasteiger partial charge in [-0.05, 0) is 48.7 Å². The summed E-state index contributed by atoms with van der Waals surface area (Å²) in [5.74, 6) is -0.115. The van der Waals surface area contributed by atoms with Crippen LogP contribution in [-0.2, 0) is 14.8 Å². The van der Waals surface area contributed by atoms with Crippen molar-refractivity contribution in [2.24, 2.45) is 5.41 Å². The van der Waals surface area contributed by atoms with Crippen LogP contribution in [0.15, 0.2) is 53.7 Å². The van der Waals surface area contributed by atoms with E-state index in [1.165, 1.54) is 0 Å². The van der Waals surface area contributed by atoms with Gasteiger partial charge in [-0.15, -0.1) is 0 Å². The molecule has 1 aliphatic heterocycles. The third-order valence-corrected chi connectivity index (χ3v) is 6.85. The number of nitrogens with zero attached hydrogens (tertiary/aromatic N) is 2. The summed E-state index contributed by atoms with van der Waals surface area (Å²) in [5, 5.41) is 2.82. The summed E-state index contributed by atoms with van der Waals surface area (Å²) >= 11 is 0. The first-order valence-electron chi connectivity index (χ1n) is 9.53. The van der Waals surface area contributed by atoms with Crippen molar-refractivity contribution in [2.75, 3.05) is 11.9 Å². The molecule has 7 heteroatoms. The van der Waals surface area contributed by atoms with Crippen LogP contribution in [0.2, 0.25) is 0 Å². The van der Waals surface area contributed by atoms with E-state index >= 15 is 0 Å². The van der Waals surface area contributed by atoms with Crippen molar-refractivity contribution in [3.8, 4) is 0 Å². The lowest BCUT2D eigenvalue weighted by Crippen LogP contribution is -2.38. The summed E-state index contributed by atoms with van der Waals surface area (Å²) in [7, 11) is -3.64. The highest BCUT2D eigenvalue weighted by Gasteiger charge is 2.34. The smallest absolute Gasteiger partial charge is 0.243 e. The second-order valence-corrected chi connectivity index (χ2v) is 10.0. The second kappa shape index (κ2) is 8.01. The minimum atomic E-state index is -3.64. The van der Waals surface area contributed by atoms with Crippen LogP contribution in [0.4, 0.5) is 5.69 Å². The van der Waals surface area contributed by atoms with Crippen molar-refractivity contribution in [2.45, 2.75) is 51.0 Å². The predicted molar refractivity (Wildman–Crippen MR) is 109 cm³/mol. The molecule has 1 aromatic carbocycles. The highest BCUT2D eigenvalue weighted by molar-refractivity contribution is 7.89. The first-order chi connectivity index (χ1) is 13.2. The highest BCUT2D eigenvalue weighted by Crippen LogP contribution is 2.35. The molecule has 2 aromatic rings. The molecule has 0 aliphatic carbocycles. The standard InChI is InChI=1S/C21H27N3O3S/c1-21(2,3)20(25)23-17-9-11-18(12-10-17)28(26,27)24-14-5-4-8-19(24)16-7-6-13-22-15-16/h6-7,9-13,15,19H,4-5,8,14H2,1-3H3,(H,23,25). The van der Waals surface area contributed by atoms with Gasteiger partial charge in [-0.25, -0.2) is 8.42 Å². The molecule has 0 spiro atoms. The largest absolute Gasteiger partial charge is 0.326 e. The summed E-state index contributed by atoms with van der Waals surface area (Å²) in [5.41, 5.74) is 0.983. The van der Waals surface area contributed by atoms with E-state index in [1.807, 2.05) is 32.9 Å². The molecule has 1 aromatic heterocycles. The van der Waals surface area contributed by atoms with Gasteiger partial charge in [0.25, 0.3) is 0 Å². The Bertz CT molecular complexity index is 920. The fraction of sp³-hybridized carbons (Fsp3) is 0.429. The molecule has 0 bridgehead atoms. The van der Waals surface area contributed by atoms with Crippen LogP contribution >= 0.6 is 0 Å². The van der Waals surface area contributed by atoms with Gasteiger partial charge in [0.1, 0.15) is 0 Å². The monoisotopic (exact) mass is 401 g/mol. The van der Waals surface area contributed by atoms with Gasteiger partial charge in [0.2, 0.25) is 15.9 Å². The lowest BCUT2D eigenvalue weighted by atomic mass is 9.95. The molecule has 0 saturated carbocycles. The maximum absolute atomic E-state index is 13.3. The third kappa shape index (κ3) is 4.42. The Labute approximate surface area is 167 Å². The number of hydrogen-bond donors (Lipinski definition) is 1. The molecule has 28 heavy (non-hydrogen) atoms. The molecular weight excluding hydrogens is 374 g/mol. The van der Waals surface area contributed by atoms with E-state index < -0.39 is 15.4 Å². The van der Waals surface area contributed by atoms with Gasteiger partial charge < -0.3 is 5.32 Å². The number of rotatable bonds is 4. The molecule has 1 atom stereocenters. The Morgan fingerprint density at radius 3 is 2.46 bits per heavy atom. The number of carbonyl (C=O) groups is 1. The van der Waals surface area contributed by atoms with E-state index in [1.54, 1.807) is 41.0 Å². The molecule has 6 nitrogen and oxygen atoms in total. The first-order valence-corrected chi connectivity index (χ1v) is 11.0. The number of amides is 1. The van der Waals surface area contributed by atoms with Crippen LogP contribution in [0.1, 0.15) is 51.6 Å². The number of anilines is 1. The second-order valence-electron chi connectivity index (χ2n) is 8.14. The molecule has 1 N–H and O–H groups in total. The SMILES string of the molecule is CC(C)(C)C(=O)Nc1ccc(S(=O)(=O)N2CCCCC2c2cccnc2)cc1. The fourth-order valence-electron chi connectivity index (χ4n) is 3.26. The van der Waals surface area contributed by atoms with Gasteiger partial charge >= 0.3 is 0 Å². The van der Waals surface area contributed by atoms with Gasteiger partial charge in [-0.3, -0.25) is 9.78 Å². The number of carbonyl (C=O) groups excluding carboxylic acids is 1. The summed E-state index contributed by atoms with van der Waals surface area (Å²) in [4.78, 5) is 16.5. The maximum atomic E-state index is 13.3. The number of pyridine rings is 1. The number of hydrogen-bond acceptors (Lipinski definition) is 4. The summed E-state index contributed by atoms with van der Waals surface area (Å²) in [6.07, 6.45) is 6.04. The van der Waals surface area contributed by atoms with E-state index in [-0.39, 0.29) is 16.8 Å². The number of piperidine rings is 1. The van der Waals surface area contributed by atoms with Gasteiger partial charge in [0, 0.05) is 30.0 Å². The molecule has 0 radical (unpaired) electrons. The van der Waals surface area contributed by atoms with Gasteiger partial charge in [-0.2, -0.15) is 4.31 Å². The quantitative estimate of drug-likeness (QED) is 0.840. The fourth-order valence-corrected chi connectivity index (χ4v) is 4.95. The van der Waals surface area contributed by atoms with E-state index in [9.17, 15) is 13.2 Å². The van der Waals surface area contributed by atoms with Crippen LogP contribution in [-0.4, -0.2) is 30.2 Å². The van der Waals surface area contributed by atoms with Crippen LogP contribution < -0.4 is 5.32 Å². The molecule has 150 valence electrons. The van der Waals surface area contributed by atoms with Crippen molar-refractivity contribution in [3.05, 3.63) is 54.4 Å². The topological polar surface area (TPSA) is 79.4 Å². The average Bonchev–Trinajstić information content (AvgIpc) is 2.68. The molecule has 3 rings (SSSR count). The van der Waals surface area contributed by atoms with Crippen molar-refractivity contribution < 1.29 is 13.2 Å². The number of benzene rings is 1. The van der Waals surface area contributed by atoms with Crippen molar-refractivity contribution in [1.82, 2.24) is 9.29 Å². The highest BCUT2D eigenvalue weighted by atomic mass is 32.2. The zero-order chi connectivity index (χ0) is 20.4. The van der Waals surface area contributed by atoms with Crippen LogP contribution in [0.3, 0.4) is 0 Å². The Kier molecular flexibility index (Phi) is 5.86. The Morgan fingerprint density at radius 2 is 1.86 bits per heavy atom. The summed E-state index contributed by atoms with van der Waals surface area (Å²) in [6, 6.07) is 9.95. The Balaban J connectivity index is 1.84. The first kappa shape index (κ1) is 20.5. The molecule has 1 saturated heterocycles. The number of sulfonamides is 1. The Hall–Kier alpha value is -2.25. The average molecular weight is 402 g/mol. The van der Waals surface area contributed by atoms with Crippen LogP contribution in [0.5, 0.6) is 0 Å². The van der Waals surface area contributed by atoms with Crippen molar-refractivity contribution >= 4 is 21.6 Å². The molecule has 1 unspecified atom stereocenters. The van der Waals surface area contributed by atoms with E-state index in [0.717, 1.165) is 24.8 Å². The van der Waals surface area contributed by atoms with Gasteiger partial charge in [0.05, 0.1) is 10.9 Å². The van der Waals surface area contributed by atoms with E-state index in [0.29, 0.717) is 12.2 Å². The molecule has 1 amide bonds. The molecule has 1 fully saturated rings. The summed E-state index contributed by atoms with van der Waals surface area (Å²) < 4.78 is 28.1. The van der Waals surface area contributed by atoms with Gasteiger partial charge in [0.15, 0.2) is 0 Å². The van der Waals surface area contributed by atoms with Gasteiger partial charge in [-0.1, -0.05) is 33.3 Å². The minimum Gasteiger partial charge on any atom is -0.326 e. The van der Waals surface area contributed by atoms with Crippen molar-refractivity contribution in [3.63, 3.8) is 0 Å². The van der Waals surface area contributed by atoms with Crippen molar-refractivity contribution in [1.29, 1.82) is 0 Å². The van der Waals surface area contributed by atoms with Crippen LogP contribution in [0, 0.1) is 5.41 Å². The van der Waals surface area contributed by atoms with E-state index in [4.69, 9.17) is 0 Å². The number of aromatic nitrogens is 1. The third-order valence-electron chi connectivity index (χ3n) is 4.92. The maximum Gasteiger partial charge on any atom is 0.243 e. The lowest BCUT2D eigenvalue weighted by Gasteiger charge is -2.34. The zero-order valence-electron chi connectivity index (χ0n) is 16.6. The molecule has 1 aliphatic rings. The predicted octanol–water partition coefficient (Wildman–Crippen LogP) is 3.98. The zero-order valence-corrected chi connectivity index (χ0v) is 17.4. The molecular formula is C21H27N3O3S. The molecule has 2 heterocycles. The van der Waals surface area contributed by atoms with E-state index in [2.05, 4.69) is 10.3 Å².